The van der Waals surface area contributed by atoms with E-state index in [4.69, 9.17) is 0 Å². The first kappa shape index (κ1) is 20.5. The quantitative estimate of drug-likeness (QED) is 0.406. The number of nitrogens with zero attached hydrogens (tertiary/aromatic N) is 3. The maximum atomic E-state index is 13.2. The number of nitrogens with one attached hydrogen (secondary N) is 1. The Morgan fingerprint density at radius 1 is 0.742 bits per heavy atom. The van der Waals surface area contributed by atoms with E-state index in [1.54, 1.807) is 18.3 Å². The van der Waals surface area contributed by atoms with Crippen molar-refractivity contribution >= 4 is 5.82 Å². The number of alkyl halides is 3. The zero-order chi connectivity index (χ0) is 21.8. The molecular formula is C24H19F3N4. The lowest BCUT2D eigenvalue weighted by Gasteiger charge is -2.16. The summed E-state index contributed by atoms with van der Waals surface area (Å²) in [5, 5.41) is 3.35. The molecule has 2 aromatic carbocycles. The lowest BCUT2D eigenvalue weighted by Crippen LogP contribution is -2.08. The van der Waals surface area contributed by atoms with Crippen LogP contribution < -0.4 is 5.32 Å². The minimum absolute atomic E-state index is 0.0220. The minimum Gasteiger partial charge on any atom is -0.364 e. The summed E-state index contributed by atoms with van der Waals surface area (Å²) in [7, 11) is 0. The first-order valence-corrected chi connectivity index (χ1v) is 9.68. The molecule has 156 valence electrons. The van der Waals surface area contributed by atoms with Crippen LogP contribution in [0.25, 0.3) is 22.5 Å². The predicted octanol–water partition coefficient (Wildman–Crippen LogP) is 6.40. The number of pyridine rings is 1. The van der Waals surface area contributed by atoms with Crippen LogP contribution in [-0.2, 0) is 6.18 Å². The molecule has 0 aliphatic rings. The monoisotopic (exact) mass is 420 g/mol. The first-order chi connectivity index (χ1) is 14.9. The molecule has 0 amide bonds. The SMILES string of the molecule is CC(Nc1cc(-c2nccnc2-c2cccc(C(F)(F)F)c2)ccn1)c1ccccc1. The zero-order valence-corrected chi connectivity index (χ0v) is 16.6. The molecule has 0 bridgehead atoms. The van der Waals surface area contributed by atoms with Crippen LogP contribution in [0.3, 0.4) is 0 Å². The zero-order valence-electron chi connectivity index (χ0n) is 16.6. The molecule has 2 heterocycles. The van der Waals surface area contributed by atoms with Gasteiger partial charge in [0.15, 0.2) is 0 Å². The predicted molar refractivity (Wildman–Crippen MR) is 114 cm³/mol. The Hall–Kier alpha value is -3.74. The molecule has 2 aromatic heterocycles. The maximum Gasteiger partial charge on any atom is 0.416 e. The average molecular weight is 420 g/mol. The first-order valence-electron chi connectivity index (χ1n) is 9.68. The molecule has 4 aromatic rings. The summed E-state index contributed by atoms with van der Waals surface area (Å²) in [6, 6.07) is 18.7. The van der Waals surface area contributed by atoms with Crippen LogP contribution in [-0.4, -0.2) is 15.0 Å². The normalized spacial score (nSPS) is 12.4. The maximum absolute atomic E-state index is 13.2. The Morgan fingerprint density at radius 3 is 2.10 bits per heavy atom. The van der Waals surface area contributed by atoms with Gasteiger partial charge in [0.2, 0.25) is 0 Å². The van der Waals surface area contributed by atoms with E-state index >= 15 is 0 Å². The Morgan fingerprint density at radius 2 is 1.42 bits per heavy atom. The number of benzene rings is 2. The number of hydrogen-bond donors (Lipinski definition) is 1. The van der Waals surface area contributed by atoms with Gasteiger partial charge in [-0.15, -0.1) is 0 Å². The fraction of sp³-hybridized carbons (Fsp3) is 0.125. The number of anilines is 1. The third kappa shape index (κ3) is 4.71. The Kier molecular flexibility index (Phi) is 5.66. The average Bonchev–Trinajstić information content (AvgIpc) is 2.79. The largest absolute Gasteiger partial charge is 0.416 e. The Labute approximate surface area is 177 Å². The topological polar surface area (TPSA) is 50.7 Å². The van der Waals surface area contributed by atoms with Gasteiger partial charge in [-0.3, -0.25) is 9.97 Å². The molecule has 1 N–H and O–H groups in total. The number of rotatable bonds is 5. The van der Waals surface area contributed by atoms with Crippen molar-refractivity contribution in [2.45, 2.75) is 19.1 Å². The van der Waals surface area contributed by atoms with Crippen LogP contribution in [0.5, 0.6) is 0 Å². The molecule has 1 atom stereocenters. The second kappa shape index (κ2) is 8.55. The van der Waals surface area contributed by atoms with Gasteiger partial charge < -0.3 is 5.32 Å². The van der Waals surface area contributed by atoms with E-state index in [-0.39, 0.29) is 6.04 Å². The summed E-state index contributed by atoms with van der Waals surface area (Å²) < 4.78 is 39.5. The smallest absolute Gasteiger partial charge is 0.364 e. The van der Waals surface area contributed by atoms with Crippen molar-refractivity contribution in [2.24, 2.45) is 0 Å². The number of hydrogen-bond acceptors (Lipinski definition) is 4. The highest BCUT2D eigenvalue weighted by molar-refractivity contribution is 5.78. The van der Waals surface area contributed by atoms with Crippen molar-refractivity contribution in [3.8, 4) is 22.5 Å². The van der Waals surface area contributed by atoms with E-state index in [2.05, 4.69) is 20.3 Å². The highest BCUT2D eigenvalue weighted by Crippen LogP contribution is 2.34. The highest BCUT2D eigenvalue weighted by atomic mass is 19.4. The molecule has 7 heteroatoms. The van der Waals surface area contributed by atoms with Crippen LogP contribution in [0.2, 0.25) is 0 Å². The molecule has 0 fully saturated rings. The molecule has 0 spiro atoms. The van der Waals surface area contributed by atoms with Gasteiger partial charge in [-0.05, 0) is 36.8 Å². The van der Waals surface area contributed by atoms with Gasteiger partial charge in [0.25, 0.3) is 0 Å². The van der Waals surface area contributed by atoms with Crippen molar-refractivity contribution in [1.82, 2.24) is 15.0 Å². The van der Waals surface area contributed by atoms with E-state index < -0.39 is 11.7 Å². The Balaban J connectivity index is 1.68. The van der Waals surface area contributed by atoms with Crippen molar-refractivity contribution in [2.75, 3.05) is 5.32 Å². The van der Waals surface area contributed by atoms with Crippen LogP contribution in [0.15, 0.2) is 85.3 Å². The van der Waals surface area contributed by atoms with Crippen molar-refractivity contribution < 1.29 is 13.2 Å². The lowest BCUT2D eigenvalue weighted by atomic mass is 10.0. The molecule has 0 saturated carbocycles. The van der Waals surface area contributed by atoms with E-state index in [1.165, 1.54) is 18.5 Å². The molecule has 4 nitrogen and oxygen atoms in total. The summed E-state index contributed by atoms with van der Waals surface area (Å²) in [5.74, 6) is 0.634. The van der Waals surface area contributed by atoms with E-state index in [0.717, 1.165) is 17.7 Å². The van der Waals surface area contributed by atoms with Gasteiger partial charge >= 0.3 is 6.18 Å². The number of aromatic nitrogens is 3. The van der Waals surface area contributed by atoms with Gasteiger partial charge in [0, 0.05) is 35.8 Å². The van der Waals surface area contributed by atoms with E-state index in [0.29, 0.717) is 28.3 Å². The molecule has 0 aliphatic carbocycles. The number of halogens is 3. The van der Waals surface area contributed by atoms with E-state index in [9.17, 15) is 13.2 Å². The molecule has 0 aliphatic heterocycles. The molecule has 1 unspecified atom stereocenters. The molecule has 0 saturated heterocycles. The fourth-order valence-corrected chi connectivity index (χ4v) is 3.31. The van der Waals surface area contributed by atoms with Crippen LogP contribution in [0.4, 0.5) is 19.0 Å². The van der Waals surface area contributed by atoms with Gasteiger partial charge in [-0.1, -0.05) is 42.5 Å². The molecule has 4 rings (SSSR count). The molecular weight excluding hydrogens is 401 g/mol. The summed E-state index contributed by atoms with van der Waals surface area (Å²) in [5.41, 5.74) is 2.30. The van der Waals surface area contributed by atoms with Gasteiger partial charge in [-0.2, -0.15) is 13.2 Å². The van der Waals surface area contributed by atoms with Crippen LogP contribution >= 0.6 is 0 Å². The molecule has 0 radical (unpaired) electrons. The van der Waals surface area contributed by atoms with Crippen molar-refractivity contribution in [1.29, 1.82) is 0 Å². The van der Waals surface area contributed by atoms with Gasteiger partial charge in [0.1, 0.15) is 5.82 Å². The Bertz CT molecular complexity index is 1180. The highest BCUT2D eigenvalue weighted by Gasteiger charge is 2.30. The van der Waals surface area contributed by atoms with Gasteiger partial charge in [0.05, 0.1) is 17.0 Å². The van der Waals surface area contributed by atoms with E-state index in [1.807, 2.05) is 43.3 Å². The fourth-order valence-electron chi connectivity index (χ4n) is 3.31. The van der Waals surface area contributed by atoms with Crippen molar-refractivity contribution in [3.05, 3.63) is 96.4 Å². The summed E-state index contributed by atoms with van der Waals surface area (Å²) in [4.78, 5) is 13.1. The van der Waals surface area contributed by atoms with Crippen LogP contribution in [0.1, 0.15) is 24.1 Å². The minimum atomic E-state index is -4.43. The van der Waals surface area contributed by atoms with Crippen LogP contribution in [0, 0.1) is 0 Å². The second-order valence-electron chi connectivity index (χ2n) is 7.04. The summed E-state index contributed by atoms with van der Waals surface area (Å²) >= 11 is 0. The standard InChI is InChI=1S/C24H19F3N4/c1-16(17-6-3-2-4-7-17)31-21-15-19(10-11-28-21)23-22(29-12-13-30-23)18-8-5-9-20(14-18)24(25,26)27/h2-16H,1H3,(H,28,31). The van der Waals surface area contributed by atoms with Gasteiger partial charge in [-0.25, -0.2) is 4.98 Å². The summed E-state index contributed by atoms with van der Waals surface area (Å²) in [6.45, 7) is 2.03. The lowest BCUT2D eigenvalue weighted by molar-refractivity contribution is -0.137. The third-order valence-electron chi connectivity index (χ3n) is 4.86. The van der Waals surface area contributed by atoms with Crippen molar-refractivity contribution in [3.63, 3.8) is 0 Å². The third-order valence-corrected chi connectivity index (χ3v) is 4.86. The molecule has 31 heavy (non-hydrogen) atoms. The second-order valence-corrected chi connectivity index (χ2v) is 7.04. The summed E-state index contributed by atoms with van der Waals surface area (Å²) in [6.07, 6.45) is 0.198.